The Morgan fingerprint density at radius 3 is 2.08 bits per heavy atom. The van der Waals surface area contributed by atoms with E-state index in [-0.39, 0.29) is 5.91 Å². The number of carbonyl (C=O) groups is 1. The first-order chi connectivity index (χ1) is 11.7. The van der Waals surface area contributed by atoms with Crippen molar-refractivity contribution >= 4 is 12.0 Å². The highest BCUT2D eigenvalue weighted by molar-refractivity contribution is 5.92. The van der Waals surface area contributed by atoms with E-state index in [1.807, 2.05) is 12.1 Å². The lowest BCUT2D eigenvalue weighted by Crippen LogP contribution is -2.33. The Kier molecular flexibility index (Phi) is 6.97. The minimum atomic E-state index is -0.0596. The molecule has 1 aliphatic rings. The fraction of sp³-hybridized carbons (Fsp3) is 0.526. The van der Waals surface area contributed by atoms with Crippen LogP contribution in [-0.2, 0) is 4.79 Å². The van der Waals surface area contributed by atoms with E-state index in [0.29, 0.717) is 23.3 Å². The Morgan fingerprint density at radius 2 is 1.58 bits per heavy atom. The lowest BCUT2D eigenvalue weighted by atomic mass is 10.1. The maximum absolute atomic E-state index is 12.1. The van der Waals surface area contributed by atoms with E-state index in [1.54, 1.807) is 33.5 Å². The quantitative estimate of drug-likeness (QED) is 0.639. The summed E-state index contributed by atoms with van der Waals surface area (Å²) >= 11 is 0. The minimum Gasteiger partial charge on any atom is -0.493 e. The Balaban J connectivity index is 2.05. The van der Waals surface area contributed by atoms with E-state index in [1.165, 1.54) is 25.7 Å². The summed E-state index contributed by atoms with van der Waals surface area (Å²) in [6.45, 7) is 0. The predicted octanol–water partition coefficient (Wildman–Crippen LogP) is 3.56. The molecule has 1 aliphatic carbocycles. The topological polar surface area (TPSA) is 56.8 Å². The summed E-state index contributed by atoms with van der Waals surface area (Å²) in [5.41, 5.74) is 0.820. The molecule has 5 heteroatoms. The fourth-order valence-electron chi connectivity index (χ4n) is 3.04. The largest absolute Gasteiger partial charge is 0.493 e. The molecule has 0 heterocycles. The molecule has 0 aliphatic heterocycles. The third-order valence-corrected chi connectivity index (χ3v) is 4.32. The molecule has 0 radical (unpaired) electrons. The van der Waals surface area contributed by atoms with Gasteiger partial charge in [-0.15, -0.1) is 0 Å². The van der Waals surface area contributed by atoms with Crippen LogP contribution >= 0.6 is 0 Å². The van der Waals surface area contributed by atoms with Crippen LogP contribution in [-0.4, -0.2) is 33.3 Å². The van der Waals surface area contributed by atoms with Gasteiger partial charge in [0.1, 0.15) is 0 Å². The highest BCUT2D eigenvalue weighted by atomic mass is 16.5. The van der Waals surface area contributed by atoms with Gasteiger partial charge in [0.05, 0.1) is 21.3 Å². The molecule has 24 heavy (non-hydrogen) atoms. The van der Waals surface area contributed by atoms with Crippen molar-refractivity contribution in [3.63, 3.8) is 0 Å². The summed E-state index contributed by atoms with van der Waals surface area (Å²) in [4.78, 5) is 12.1. The zero-order valence-electron chi connectivity index (χ0n) is 14.8. The number of ether oxygens (including phenoxy) is 3. The van der Waals surface area contributed by atoms with E-state index in [0.717, 1.165) is 18.4 Å². The summed E-state index contributed by atoms with van der Waals surface area (Å²) in [6.07, 6.45) is 10.4. The van der Waals surface area contributed by atoms with Crippen molar-refractivity contribution in [2.45, 2.75) is 44.6 Å². The molecule has 1 aromatic rings. The minimum absolute atomic E-state index is 0.0596. The first-order valence-electron chi connectivity index (χ1n) is 8.46. The van der Waals surface area contributed by atoms with Gasteiger partial charge < -0.3 is 19.5 Å². The van der Waals surface area contributed by atoms with Gasteiger partial charge in [-0.25, -0.2) is 0 Å². The normalized spacial score (nSPS) is 15.8. The van der Waals surface area contributed by atoms with E-state index in [9.17, 15) is 4.79 Å². The number of methoxy groups -OCH3 is 3. The molecule has 5 nitrogen and oxygen atoms in total. The molecule has 2 rings (SSSR count). The summed E-state index contributed by atoms with van der Waals surface area (Å²) < 4.78 is 15.9. The van der Waals surface area contributed by atoms with E-state index < -0.39 is 0 Å². The van der Waals surface area contributed by atoms with Crippen LogP contribution in [0.5, 0.6) is 17.2 Å². The lowest BCUT2D eigenvalue weighted by molar-refractivity contribution is -0.117. The van der Waals surface area contributed by atoms with Crippen molar-refractivity contribution in [2.24, 2.45) is 0 Å². The van der Waals surface area contributed by atoms with Crippen LogP contribution in [0.15, 0.2) is 18.2 Å². The lowest BCUT2D eigenvalue weighted by Gasteiger charge is -2.15. The Morgan fingerprint density at radius 1 is 1.00 bits per heavy atom. The Bertz CT molecular complexity index is 550. The molecule has 0 bridgehead atoms. The number of nitrogens with one attached hydrogen (secondary N) is 1. The van der Waals surface area contributed by atoms with Crippen molar-refractivity contribution < 1.29 is 19.0 Å². The maximum atomic E-state index is 12.1. The van der Waals surface area contributed by atoms with Crippen LogP contribution < -0.4 is 19.5 Å². The van der Waals surface area contributed by atoms with Gasteiger partial charge in [0.2, 0.25) is 11.7 Å². The molecule has 0 aromatic heterocycles. The van der Waals surface area contributed by atoms with Gasteiger partial charge >= 0.3 is 0 Å². The van der Waals surface area contributed by atoms with Gasteiger partial charge in [0, 0.05) is 12.1 Å². The highest BCUT2D eigenvalue weighted by Crippen LogP contribution is 2.38. The fourth-order valence-corrected chi connectivity index (χ4v) is 3.04. The number of benzene rings is 1. The van der Waals surface area contributed by atoms with E-state index >= 15 is 0 Å². The van der Waals surface area contributed by atoms with Gasteiger partial charge in [0.15, 0.2) is 11.5 Å². The summed E-state index contributed by atoms with van der Waals surface area (Å²) in [5, 5.41) is 3.10. The van der Waals surface area contributed by atoms with Crippen molar-refractivity contribution in [3.8, 4) is 17.2 Å². The number of carbonyl (C=O) groups excluding carboxylic acids is 1. The standard InChI is InChI=1S/C19H27NO4/c1-22-16-12-14(13-17(23-2)19(16)24-3)10-11-18(21)20-15-8-6-4-5-7-9-15/h10-13,15H,4-9H2,1-3H3,(H,20,21). The van der Waals surface area contributed by atoms with Gasteiger partial charge in [-0.1, -0.05) is 25.7 Å². The zero-order valence-corrected chi connectivity index (χ0v) is 14.8. The van der Waals surface area contributed by atoms with Crippen molar-refractivity contribution in [1.82, 2.24) is 5.32 Å². The molecular weight excluding hydrogens is 306 g/mol. The van der Waals surface area contributed by atoms with Crippen LogP contribution in [0, 0.1) is 0 Å². The summed E-state index contributed by atoms with van der Waals surface area (Å²) in [7, 11) is 4.71. The SMILES string of the molecule is COc1cc(C=CC(=O)NC2CCCCCC2)cc(OC)c1OC. The van der Waals surface area contributed by atoms with E-state index in [4.69, 9.17) is 14.2 Å². The average molecular weight is 333 g/mol. The van der Waals surface area contributed by atoms with Crippen LogP contribution in [0.25, 0.3) is 6.08 Å². The first kappa shape index (κ1) is 18.2. The Labute approximate surface area is 144 Å². The third-order valence-electron chi connectivity index (χ3n) is 4.32. The monoisotopic (exact) mass is 333 g/mol. The summed E-state index contributed by atoms with van der Waals surface area (Å²) in [6, 6.07) is 3.93. The predicted molar refractivity (Wildman–Crippen MR) is 94.8 cm³/mol. The van der Waals surface area contributed by atoms with Crippen molar-refractivity contribution in [1.29, 1.82) is 0 Å². The number of rotatable bonds is 6. The molecule has 132 valence electrons. The smallest absolute Gasteiger partial charge is 0.244 e. The zero-order chi connectivity index (χ0) is 17.4. The first-order valence-corrected chi connectivity index (χ1v) is 8.46. The average Bonchev–Trinajstić information content (AvgIpc) is 2.87. The number of hydrogen-bond donors (Lipinski definition) is 1. The van der Waals surface area contributed by atoms with Crippen LogP contribution in [0.2, 0.25) is 0 Å². The van der Waals surface area contributed by atoms with E-state index in [2.05, 4.69) is 5.32 Å². The second kappa shape index (κ2) is 9.21. The van der Waals surface area contributed by atoms with Crippen LogP contribution in [0.4, 0.5) is 0 Å². The van der Waals surface area contributed by atoms with Gasteiger partial charge in [-0.05, 0) is 36.6 Å². The molecule has 1 fully saturated rings. The molecule has 1 N–H and O–H groups in total. The molecule has 0 unspecified atom stereocenters. The molecular formula is C19H27NO4. The van der Waals surface area contributed by atoms with Crippen molar-refractivity contribution in [2.75, 3.05) is 21.3 Å². The molecule has 0 saturated heterocycles. The number of hydrogen-bond acceptors (Lipinski definition) is 4. The van der Waals surface area contributed by atoms with Gasteiger partial charge in [-0.3, -0.25) is 4.79 Å². The second-order valence-corrected chi connectivity index (χ2v) is 5.99. The summed E-state index contributed by atoms with van der Waals surface area (Å²) in [5.74, 6) is 1.62. The van der Waals surface area contributed by atoms with Crippen molar-refractivity contribution in [3.05, 3.63) is 23.8 Å². The van der Waals surface area contributed by atoms with Gasteiger partial charge in [0.25, 0.3) is 0 Å². The highest BCUT2D eigenvalue weighted by Gasteiger charge is 2.14. The second-order valence-electron chi connectivity index (χ2n) is 5.99. The Hall–Kier alpha value is -2.17. The molecule has 0 spiro atoms. The maximum Gasteiger partial charge on any atom is 0.244 e. The third kappa shape index (κ3) is 4.91. The molecule has 1 aromatic carbocycles. The molecule has 1 amide bonds. The molecule has 1 saturated carbocycles. The van der Waals surface area contributed by atoms with Crippen LogP contribution in [0.3, 0.4) is 0 Å². The van der Waals surface area contributed by atoms with Gasteiger partial charge in [-0.2, -0.15) is 0 Å². The number of amides is 1. The molecule has 0 atom stereocenters. The van der Waals surface area contributed by atoms with Crippen LogP contribution in [0.1, 0.15) is 44.1 Å².